The van der Waals surface area contributed by atoms with E-state index in [1.54, 1.807) is 57.0 Å². The van der Waals surface area contributed by atoms with Gasteiger partial charge >= 0.3 is 12.1 Å². The predicted octanol–water partition coefficient (Wildman–Crippen LogP) is 5.20. The maximum Gasteiger partial charge on any atom is 0.410 e. The molecule has 45 heavy (non-hydrogen) atoms. The van der Waals surface area contributed by atoms with Crippen LogP contribution in [0.25, 0.3) is 11.3 Å². The van der Waals surface area contributed by atoms with Crippen LogP contribution in [0.15, 0.2) is 42.6 Å². The lowest BCUT2D eigenvalue weighted by Gasteiger charge is -2.41. The van der Waals surface area contributed by atoms with Crippen molar-refractivity contribution in [2.24, 2.45) is 0 Å². The summed E-state index contributed by atoms with van der Waals surface area (Å²) in [5, 5.41) is 14.7. The number of nitrogens with one attached hydrogen (secondary N) is 2. The number of ether oxygens (including phenoxy) is 2. The second-order valence-corrected chi connectivity index (χ2v) is 12.1. The van der Waals surface area contributed by atoms with Crippen molar-refractivity contribution in [3.63, 3.8) is 0 Å². The highest BCUT2D eigenvalue weighted by atomic mass is 35.5. The monoisotopic (exact) mass is 641 g/mol. The summed E-state index contributed by atoms with van der Waals surface area (Å²) < 4.78 is 24.8. The van der Waals surface area contributed by atoms with E-state index in [0.29, 0.717) is 59.8 Å². The smallest absolute Gasteiger partial charge is 0.410 e. The number of aryl methyl sites for hydroxylation is 1. The third-order valence-electron chi connectivity index (χ3n) is 6.97. The molecule has 0 saturated carbocycles. The Morgan fingerprint density at radius 1 is 1.11 bits per heavy atom. The van der Waals surface area contributed by atoms with E-state index >= 15 is 0 Å². The average molecular weight is 642 g/mol. The van der Waals surface area contributed by atoms with Gasteiger partial charge < -0.3 is 25.0 Å². The standard InChI is InChI=1S/C31H37ClFN7O5/c1-19-25(17-26(38-37-19)23-14-20(32)6-7-24(23)33)35-21-8-10-34-27(15-21)36-28(41)9-11-39-12-13-40(30(43)45-31(2,3)4)22(18-39)16-29(42)44-5/h6-8,10,14-15,17,22H,9,11-13,16,18H2,1-5H3,(H2,34,35,36,38,41). The molecule has 1 unspecified atom stereocenters. The lowest BCUT2D eigenvalue weighted by Crippen LogP contribution is -2.57. The molecular formula is C31H37ClFN7O5. The number of carbonyl (C=O) groups excluding carboxylic acids is 3. The van der Waals surface area contributed by atoms with Crippen LogP contribution in [0.3, 0.4) is 0 Å². The summed E-state index contributed by atoms with van der Waals surface area (Å²) in [4.78, 5) is 45.5. The molecule has 12 nitrogen and oxygen atoms in total. The van der Waals surface area contributed by atoms with Crippen LogP contribution in [0.4, 0.5) is 26.4 Å². The molecule has 1 fully saturated rings. The fourth-order valence-corrected chi connectivity index (χ4v) is 4.91. The first kappa shape index (κ1) is 33.5. The number of benzene rings is 1. The van der Waals surface area contributed by atoms with Crippen LogP contribution < -0.4 is 10.6 Å². The third-order valence-corrected chi connectivity index (χ3v) is 7.20. The molecule has 0 spiro atoms. The van der Waals surface area contributed by atoms with Gasteiger partial charge in [0.05, 0.1) is 36.6 Å². The number of esters is 1. The first-order chi connectivity index (χ1) is 21.3. The number of anilines is 3. The Morgan fingerprint density at radius 2 is 1.89 bits per heavy atom. The molecule has 240 valence electrons. The molecule has 1 aliphatic rings. The van der Waals surface area contributed by atoms with Gasteiger partial charge in [-0.1, -0.05) is 11.6 Å². The SMILES string of the molecule is COC(=O)CC1CN(CCC(=O)Nc2cc(Nc3cc(-c4cc(Cl)ccc4F)nnc3C)ccn2)CCN1C(=O)OC(C)(C)C. The number of amides is 2. The van der Waals surface area contributed by atoms with Crippen molar-refractivity contribution < 1.29 is 28.2 Å². The highest BCUT2D eigenvalue weighted by Crippen LogP contribution is 2.28. The zero-order valence-corrected chi connectivity index (χ0v) is 26.7. The Balaban J connectivity index is 1.36. The molecule has 1 aliphatic heterocycles. The van der Waals surface area contributed by atoms with E-state index in [-0.39, 0.29) is 24.3 Å². The number of rotatable bonds is 9. The number of hydrogen-bond acceptors (Lipinski definition) is 10. The first-order valence-corrected chi connectivity index (χ1v) is 14.8. The average Bonchev–Trinajstić information content (AvgIpc) is 2.98. The molecule has 2 amide bonds. The van der Waals surface area contributed by atoms with Crippen molar-refractivity contribution in [2.75, 3.05) is 43.9 Å². The van der Waals surface area contributed by atoms with Gasteiger partial charge in [-0.2, -0.15) is 10.2 Å². The van der Waals surface area contributed by atoms with E-state index in [1.807, 2.05) is 4.90 Å². The summed E-state index contributed by atoms with van der Waals surface area (Å²) in [5.41, 5.74) is 1.67. The van der Waals surface area contributed by atoms with E-state index in [4.69, 9.17) is 21.1 Å². The van der Waals surface area contributed by atoms with Crippen molar-refractivity contribution in [3.05, 3.63) is 59.1 Å². The summed E-state index contributed by atoms with van der Waals surface area (Å²) in [6, 6.07) is 8.84. The minimum atomic E-state index is -0.670. The molecule has 0 radical (unpaired) electrons. The van der Waals surface area contributed by atoms with Crippen molar-refractivity contribution in [2.45, 2.75) is 52.2 Å². The van der Waals surface area contributed by atoms with Crippen molar-refractivity contribution in [1.29, 1.82) is 0 Å². The zero-order chi connectivity index (χ0) is 32.7. The lowest BCUT2D eigenvalue weighted by atomic mass is 10.1. The normalized spacial score (nSPS) is 15.4. The third kappa shape index (κ3) is 9.56. The maximum absolute atomic E-state index is 14.4. The van der Waals surface area contributed by atoms with Gasteiger partial charge in [0, 0.05) is 61.1 Å². The van der Waals surface area contributed by atoms with Crippen LogP contribution in [0.1, 0.15) is 39.3 Å². The fraction of sp³-hybridized carbons (Fsp3) is 0.419. The van der Waals surface area contributed by atoms with E-state index in [9.17, 15) is 18.8 Å². The highest BCUT2D eigenvalue weighted by Gasteiger charge is 2.35. The summed E-state index contributed by atoms with van der Waals surface area (Å²) in [6.07, 6.45) is 1.24. The van der Waals surface area contributed by atoms with Crippen molar-refractivity contribution in [3.8, 4) is 11.3 Å². The second-order valence-electron chi connectivity index (χ2n) is 11.6. The number of aromatic nitrogens is 3. The van der Waals surface area contributed by atoms with Crippen LogP contribution in [-0.2, 0) is 19.1 Å². The topological polar surface area (TPSA) is 139 Å². The van der Waals surface area contributed by atoms with E-state index in [0.717, 1.165) is 0 Å². The molecule has 14 heteroatoms. The summed E-state index contributed by atoms with van der Waals surface area (Å²) in [7, 11) is 1.30. The van der Waals surface area contributed by atoms with Crippen LogP contribution >= 0.6 is 11.6 Å². The first-order valence-electron chi connectivity index (χ1n) is 14.4. The Morgan fingerprint density at radius 3 is 2.62 bits per heavy atom. The summed E-state index contributed by atoms with van der Waals surface area (Å²) >= 11 is 6.05. The highest BCUT2D eigenvalue weighted by molar-refractivity contribution is 6.30. The maximum atomic E-state index is 14.4. The number of hydrogen-bond donors (Lipinski definition) is 2. The molecule has 3 aromatic rings. The number of piperazine rings is 1. The van der Waals surface area contributed by atoms with Gasteiger partial charge in [0.1, 0.15) is 17.2 Å². The molecule has 0 bridgehead atoms. The van der Waals surface area contributed by atoms with Crippen LogP contribution in [0.2, 0.25) is 5.02 Å². The van der Waals surface area contributed by atoms with Crippen molar-refractivity contribution in [1.82, 2.24) is 25.0 Å². The Bertz CT molecular complexity index is 1550. The Labute approximate surface area is 266 Å². The summed E-state index contributed by atoms with van der Waals surface area (Å²) in [5.74, 6) is -0.817. The van der Waals surface area contributed by atoms with Gasteiger partial charge in [0.15, 0.2) is 0 Å². The van der Waals surface area contributed by atoms with Gasteiger partial charge in [0.25, 0.3) is 0 Å². The second kappa shape index (κ2) is 14.6. The lowest BCUT2D eigenvalue weighted by molar-refractivity contribution is -0.142. The molecule has 2 N–H and O–H groups in total. The van der Waals surface area contributed by atoms with Gasteiger partial charge in [-0.3, -0.25) is 14.5 Å². The number of nitrogens with zero attached hydrogens (tertiary/aromatic N) is 5. The molecule has 1 atom stereocenters. The zero-order valence-electron chi connectivity index (χ0n) is 25.9. The molecule has 0 aliphatic carbocycles. The molecular weight excluding hydrogens is 605 g/mol. The van der Waals surface area contributed by atoms with Gasteiger partial charge in [-0.25, -0.2) is 14.2 Å². The van der Waals surface area contributed by atoms with Gasteiger partial charge in [-0.15, -0.1) is 0 Å². The van der Waals surface area contributed by atoms with Crippen LogP contribution in [0, 0.1) is 12.7 Å². The largest absolute Gasteiger partial charge is 0.469 e. The van der Waals surface area contributed by atoms with E-state index in [2.05, 4.69) is 25.8 Å². The molecule has 3 heterocycles. The molecule has 1 saturated heterocycles. The number of carbonyl (C=O) groups is 3. The quantitative estimate of drug-likeness (QED) is 0.300. The van der Waals surface area contributed by atoms with Crippen LogP contribution in [0.5, 0.6) is 0 Å². The van der Waals surface area contributed by atoms with Gasteiger partial charge in [0.2, 0.25) is 5.91 Å². The number of pyridine rings is 1. The predicted molar refractivity (Wildman–Crippen MR) is 168 cm³/mol. The number of methoxy groups -OCH3 is 1. The van der Waals surface area contributed by atoms with E-state index < -0.39 is 29.5 Å². The Kier molecular flexibility index (Phi) is 10.9. The number of halogens is 2. The minimum absolute atomic E-state index is 0.0180. The van der Waals surface area contributed by atoms with Crippen LogP contribution in [-0.4, -0.2) is 87.9 Å². The fourth-order valence-electron chi connectivity index (χ4n) is 4.74. The molecule has 4 rings (SSSR count). The van der Waals surface area contributed by atoms with Crippen molar-refractivity contribution >= 4 is 46.8 Å². The molecule has 1 aromatic carbocycles. The summed E-state index contributed by atoms with van der Waals surface area (Å²) in [6.45, 7) is 8.79. The minimum Gasteiger partial charge on any atom is -0.469 e. The van der Waals surface area contributed by atoms with E-state index in [1.165, 1.54) is 25.3 Å². The molecule has 2 aromatic heterocycles. The Hall–Kier alpha value is -4.36. The van der Waals surface area contributed by atoms with Gasteiger partial charge in [-0.05, 0) is 58.0 Å².